The summed E-state index contributed by atoms with van der Waals surface area (Å²) in [5.41, 5.74) is 2.24. The number of aromatic nitrogens is 3. The topological polar surface area (TPSA) is 94.1 Å². The molecule has 0 fully saturated rings. The maximum absolute atomic E-state index is 12.4. The van der Waals surface area contributed by atoms with E-state index >= 15 is 0 Å². The molecule has 3 aromatic heterocycles. The van der Waals surface area contributed by atoms with Crippen molar-refractivity contribution in [2.75, 3.05) is 0 Å². The van der Waals surface area contributed by atoms with Gasteiger partial charge < -0.3 is 14.3 Å². The van der Waals surface area contributed by atoms with Crippen molar-refractivity contribution in [2.24, 2.45) is 0 Å². The van der Waals surface area contributed by atoms with Crippen LogP contribution in [-0.2, 0) is 6.54 Å². The Kier molecular flexibility index (Phi) is 4.61. The molecule has 0 bridgehead atoms. The number of fused-ring (bicyclic) bond motifs is 1. The zero-order valence-electron chi connectivity index (χ0n) is 16.0. The molecule has 7 nitrogen and oxygen atoms in total. The summed E-state index contributed by atoms with van der Waals surface area (Å²) < 4.78 is 12.1. The highest BCUT2D eigenvalue weighted by atomic mass is 32.1. The van der Waals surface area contributed by atoms with E-state index in [-0.39, 0.29) is 12.5 Å². The summed E-state index contributed by atoms with van der Waals surface area (Å²) in [6.45, 7) is 2.04. The molecule has 0 saturated heterocycles. The van der Waals surface area contributed by atoms with E-state index in [0.717, 1.165) is 20.8 Å². The Labute approximate surface area is 175 Å². The van der Waals surface area contributed by atoms with Crippen LogP contribution in [0.15, 0.2) is 69.6 Å². The van der Waals surface area contributed by atoms with Crippen molar-refractivity contribution >= 4 is 27.5 Å². The summed E-state index contributed by atoms with van der Waals surface area (Å²) in [6, 6.07) is 18.7. The molecule has 3 heterocycles. The molecule has 0 aliphatic heterocycles. The molecule has 0 aliphatic rings. The number of carbonyl (C=O) groups excluding carboxylic acids is 1. The first kappa shape index (κ1) is 18.3. The number of benzene rings is 2. The number of furan rings is 1. The predicted molar refractivity (Wildman–Crippen MR) is 113 cm³/mol. The van der Waals surface area contributed by atoms with E-state index < -0.39 is 0 Å². The van der Waals surface area contributed by atoms with Crippen LogP contribution in [0.3, 0.4) is 0 Å². The third-order valence-electron chi connectivity index (χ3n) is 4.51. The molecule has 0 saturated carbocycles. The fraction of sp³-hybridized carbons (Fsp3) is 0.0909. The van der Waals surface area contributed by atoms with Gasteiger partial charge in [0.2, 0.25) is 0 Å². The number of aryl methyl sites for hydroxylation is 1. The molecule has 8 heteroatoms. The molecule has 148 valence electrons. The number of thiazole rings is 1. The number of hydrogen-bond donors (Lipinski definition) is 1. The van der Waals surface area contributed by atoms with E-state index in [2.05, 4.69) is 20.4 Å². The summed E-state index contributed by atoms with van der Waals surface area (Å²) in [5.74, 6) is 2.16. The molecule has 0 aliphatic carbocycles. The first-order valence-corrected chi connectivity index (χ1v) is 10.1. The van der Waals surface area contributed by atoms with Crippen LogP contribution in [0, 0.1) is 6.92 Å². The molecule has 2 aromatic carbocycles. The Morgan fingerprint density at radius 3 is 2.63 bits per heavy atom. The lowest BCUT2D eigenvalue weighted by Crippen LogP contribution is -2.22. The SMILES string of the molecule is Cc1noc(-c2ccc(C(=O)NCc3ccc(-c4nc5ccccc5s4)o3)cc2)n1. The number of carbonyl (C=O) groups is 1. The summed E-state index contributed by atoms with van der Waals surface area (Å²) in [7, 11) is 0. The monoisotopic (exact) mass is 416 g/mol. The normalized spacial score (nSPS) is 11.1. The van der Waals surface area contributed by atoms with Crippen LogP contribution >= 0.6 is 11.3 Å². The predicted octanol–water partition coefficient (Wildman–Crippen LogP) is 4.84. The van der Waals surface area contributed by atoms with E-state index in [1.54, 1.807) is 42.5 Å². The first-order chi connectivity index (χ1) is 14.7. The zero-order chi connectivity index (χ0) is 20.5. The van der Waals surface area contributed by atoms with Crippen molar-refractivity contribution in [2.45, 2.75) is 13.5 Å². The molecule has 5 aromatic rings. The van der Waals surface area contributed by atoms with Crippen molar-refractivity contribution < 1.29 is 13.7 Å². The maximum atomic E-state index is 12.4. The van der Waals surface area contributed by atoms with E-state index in [0.29, 0.717) is 28.8 Å². The summed E-state index contributed by atoms with van der Waals surface area (Å²) >= 11 is 1.58. The van der Waals surface area contributed by atoms with Gasteiger partial charge in [0.1, 0.15) is 5.76 Å². The Balaban J connectivity index is 1.24. The van der Waals surface area contributed by atoms with Crippen LogP contribution in [-0.4, -0.2) is 21.0 Å². The molecule has 5 rings (SSSR count). The van der Waals surface area contributed by atoms with Gasteiger partial charge in [0.05, 0.1) is 16.8 Å². The van der Waals surface area contributed by atoms with Gasteiger partial charge in [-0.2, -0.15) is 4.98 Å². The molecule has 0 unspecified atom stereocenters. The molecule has 0 spiro atoms. The van der Waals surface area contributed by atoms with Gasteiger partial charge in [0.15, 0.2) is 16.6 Å². The minimum absolute atomic E-state index is 0.193. The van der Waals surface area contributed by atoms with Crippen molar-refractivity contribution in [1.29, 1.82) is 0 Å². The Morgan fingerprint density at radius 2 is 1.87 bits per heavy atom. The summed E-state index contributed by atoms with van der Waals surface area (Å²) in [6.07, 6.45) is 0. The van der Waals surface area contributed by atoms with Crippen LogP contribution in [0.2, 0.25) is 0 Å². The first-order valence-electron chi connectivity index (χ1n) is 9.29. The minimum Gasteiger partial charge on any atom is -0.457 e. The number of amides is 1. The van der Waals surface area contributed by atoms with Crippen LogP contribution < -0.4 is 5.32 Å². The third kappa shape index (κ3) is 3.60. The maximum Gasteiger partial charge on any atom is 0.257 e. The molecule has 0 atom stereocenters. The third-order valence-corrected chi connectivity index (χ3v) is 5.56. The number of para-hydroxylation sites is 1. The molecular weight excluding hydrogens is 400 g/mol. The molecule has 1 amide bonds. The van der Waals surface area contributed by atoms with Crippen molar-refractivity contribution in [3.8, 4) is 22.2 Å². The van der Waals surface area contributed by atoms with Gasteiger partial charge >= 0.3 is 0 Å². The average molecular weight is 416 g/mol. The largest absolute Gasteiger partial charge is 0.457 e. The van der Waals surface area contributed by atoms with Crippen LogP contribution in [0.5, 0.6) is 0 Å². The zero-order valence-corrected chi connectivity index (χ0v) is 16.8. The Hall–Kier alpha value is -3.78. The summed E-state index contributed by atoms with van der Waals surface area (Å²) in [4.78, 5) is 21.2. The van der Waals surface area contributed by atoms with Gasteiger partial charge in [-0.25, -0.2) is 4.98 Å². The number of hydrogen-bond acceptors (Lipinski definition) is 7. The van der Waals surface area contributed by atoms with E-state index in [1.165, 1.54) is 0 Å². The fourth-order valence-corrected chi connectivity index (χ4v) is 3.94. The lowest BCUT2D eigenvalue weighted by Gasteiger charge is -2.04. The number of rotatable bonds is 5. The quantitative estimate of drug-likeness (QED) is 0.440. The fourth-order valence-electron chi connectivity index (χ4n) is 3.01. The second-order valence-electron chi connectivity index (χ2n) is 6.66. The van der Waals surface area contributed by atoms with Gasteiger partial charge in [-0.15, -0.1) is 11.3 Å². The van der Waals surface area contributed by atoms with Crippen molar-refractivity contribution in [3.63, 3.8) is 0 Å². The average Bonchev–Trinajstić information content (AvgIpc) is 3.51. The van der Waals surface area contributed by atoms with Crippen LogP contribution in [0.1, 0.15) is 21.9 Å². The second kappa shape index (κ2) is 7.57. The minimum atomic E-state index is -0.193. The molecular formula is C22H16N4O3S. The lowest BCUT2D eigenvalue weighted by molar-refractivity contribution is 0.0948. The standard InChI is InChI=1S/C22H16N4O3S/c1-13-24-21(29-26-13)15-8-6-14(7-9-15)20(27)23-12-16-10-11-18(28-16)22-25-17-4-2-3-5-19(17)30-22/h2-11H,12H2,1H3,(H,23,27). The Bertz CT molecular complexity index is 1300. The second-order valence-corrected chi connectivity index (χ2v) is 7.69. The van der Waals surface area contributed by atoms with Crippen molar-refractivity contribution in [1.82, 2.24) is 20.4 Å². The highest BCUT2D eigenvalue weighted by molar-refractivity contribution is 7.21. The lowest BCUT2D eigenvalue weighted by atomic mass is 10.1. The highest BCUT2D eigenvalue weighted by Gasteiger charge is 2.12. The summed E-state index contributed by atoms with van der Waals surface area (Å²) in [5, 5.41) is 7.46. The van der Waals surface area contributed by atoms with Crippen molar-refractivity contribution in [3.05, 3.63) is 77.8 Å². The number of nitrogens with one attached hydrogen (secondary N) is 1. The van der Waals surface area contributed by atoms with E-state index in [1.807, 2.05) is 36.4 Å². The van der Waals surface area contributed by atoms with Gasteiger partial charge in [-0.3, -0.25) is 4.79 Å². The number of nitrogens with zero attached hydrogens (tertiary/aromatic N) is 3. The smallest absolute Gasteiger partial charge is 0.257 e. The van der Waals surface area contributed by atoms with E-state index in [9.17, 15) is 4.79 Å². The van der Waals surface area contributed by atoms with Crippen LogP contribution in [0.4, 0.5) is 0 Å². The van der Waals surface area contributed by atoms with Gasteiger partial charge in [0.25, 0.3) is 11.8 Å². The van der Waals surface area contributed by atoms with E-state index in [4.69, 9.17) is 8.94 Å². The molecule has 1 N–H and O–H groups in total. The van der Waals surface area contributed by atoms with Crippen LogP contribution in [0.25, 0.3) is 32.4 Å². The highest BCUT2D eigenvalue weighted by Crippen LogP contribution is 2.31. The molecule has 0 radical (unpaired) electrons. The Morgan fingerprint density at radius 1 is 1.03 bits per heavy atom. The van der Waals surface area contributed by atoms with Gasteiger partial charge in [-0.1, -0.05) is 17.3 Å². The molecule has 30 heavy (non-hydrogen) atoms. The van der Waals surface area contributed by atoms with Gasteiger partial charge in [-0.05, 0) is 55.5 Å². The van der Waals surface area contributed by atoms with Gasteiger partial charge in [0, 0.05) is 11.1 Å².